The predicted molar refractivity (Wildman–Crippen MR) is 51.0 cm³/mol. The lowest BCUT2D eigenvalue weighted by molar-refractivity contribution is 0.258. The Hall–Kier alpha value is -0.920. The van der Waals surface area contributed by atoms with Gasteiger partial charge < -0.3 is 9.84 Å². The maximum absolute atomic E-state index is 9.07. The molecule has 0 saturated carbocycles. The minimum absolute atomic E-state index is 0.361. The molecule has 0 fully saturated rings. The third-order valence-corrected chi connectivity index (χ3v) is 1.32. The van der Waals surface area contributed by atoms with Gasteiger partial charge in [-0.3, -0.25) is 0 Å². The van der Waals surface area contributed by atoms with Crippen LogP contribution in [0, 0.1) is 0 Å². The second-order valence-corrected chi connectivity index (χ2v) is 2.66. The van der Waals surface area contributed by atoms with E-state index < -0.39 is 0 Å². The number of aliphatic hydroxyl groups is 1. The van der Waals surface area contributed by atoms with Gasteiger partial charge in [0, 0.05) is 6.42 Å². The van der Waals surface area contributed by atoms with E-state index >= 15 is 0 Å². The van der Waals surface area contributed by atoms with Crippen molar-refractivity contribution in [1.29, 1.82) is 0 Å². The summed E-state index contributed by atoms with van der Waals surface area (Å²) < 4.78 is 4.85. The summed E-state index contributed by atoms with van der Waals surface area (Å²) in [5.74, 6) is 0.959. The van der Waals surface area contributed by atoms with Crippen molar-refractivity contribution in [2.24, 2.45) is 0 Å². The Kier molecular flexibility index (Phi) is 6.25. The summed E-state index contributed by atoms with van der Waals surface area (Å²) in [6.07, 6.45) is 6.65. The molecule has 0 unspecified atom stereocenters. The van der Waals surface area contributed by atoms with Crippen molar-refractivity contribution in [2.45, 2.75) is 33.1 Å². The van der Waals surface area contributed by atoms with Crippen LogP contribution in [0.15, 0.2) is 23.7 Å². The maximum atomic E-state index is 9.07. The van der Waals surface area contributed by atoms with Gasteiger partial charge in [0.05, 0.1) is 7.11 Å². The van der Waals surface area contributed by atoms with Crippen molar-refractivity contribution in [2.75, 3.05) is 7.11 Å². The molecule has 1 rings (SSSR count). The van der Waals surface area contributed by atoms with E-state index in [1.807, 2.05) is 6.08 Å². The highest BCUT2D eigenvalue weighted by Gasteiger charge is 2.04. The maximum Gasteiger partial charge on any atom is 0.155 e. The molecule has 12 heavy (non-hydrogen) atoms. The van der Waals surface area contributed by atoms with Gasteiger partial charge in [-0.15, -0.1) is 0 Å². The monoisotopic (exact) mass is 170 g/mol. The van der Waals surface area contributed by atoms with Gasteiger partial charge in [0.15, 0.2) is 5.76 Å². The van der Waals surface area contributed by atoms with Crippen LogP contribution in [-0.4, -0.2) is 12.2 Å². The SMILES string of the molecule is CCC.COC1=C(O)CCC=C1. The summed E-state index contributed by atoms with van der Waals surface area (Å²) >= 11 is 0. The van der Waals surface area contributed by atoms with Gasteiger partial charge in [0.25, 0.3) is 0 Å². The van der Waals surface area contributed by atoms with Crippen molar-refractivity contribution in [3.05, 3.63) is 23.7 Å². The number of hydrogen-bond acceptors (Lipinski definition) is 2. The van der Waals surface area contributed by atoms with Crippen LogP contribution in [0.1, 0.15) is 33.1 Å². The fourth-order valence-corrected chi connectivity index (χ4v) is 0.816. The summed E-state index contributed by atoms with van der Waals surface area (Å²) in [5, 5.41) is 9.07. The summed E-state index contributed by atoms with van der Waals surface area (Å²) in [7, 11) is 1.56. The van der Waals surface area contributed by atoms with E-state index in [2.05, 4.69) is 13.8 Å². The molecule has 1 N–H and O–H groups in total. The third kappa shape index (κ3) is 4.06. The van der Waals surface area contributed by atoms with Gasteiger partial charge in [-0.2, -0.15) is 0 Å². The average molecular weight is 170 g/mol. The predicted octanol–water partition coefficient (Wildman–Crippen LogP) is 3.17. The van der Waals surface area contributed by atoms with Crippen LogP contribution in [0.25, 0.3) is 0 Å². The number of aliphatic hydroxyl groups excluding tert-OH is 1. The van der Waals surface area contributed by atoms with Crippen molar-refractivity contribution < 1.29 is 9.84 Å². The first-order valence-electron chi connectivity index (χ1n) is 4.38. The fourth-order valence-electron chi connectivity index (χ4n) is 0.816. The zero-order valence-electron chi connectivity index (χ0n) is 8.13. The van der Waals surface area contributed by atoms with Crippen LogP contribution in [0.5, 0.6) is 0 Å². The second kappa shape index (κ2) is 6.77. The lowest BCUT2D eigenvalue weighted by Gasteiger charge is -2.07. The summed E-state index contributed by atoms with van der Waals surface area (Å²) in [5.41, 5.74) is 0. The van der Waals surface area contributed by atoms with Crippen LogP contribution in [-0.2, 0) is 4.74 Å². The molecule has 1 aliphatic carbocycles. The highest BCUT2D eigenvalue weighted by molar-refractivity contribution is 5.19. The summed E-state index contributed by atoms with van der Waals surface area (Å²) in [6, 6.07) is 0. The molecule has 2 heteroatoms. The quantitative estimate of drug-likeness (QED) is 0.655. The molecule has 0 bridgehead atoms. The number of allylic oxidation sites excluding steroid dienone is 3. The van der Waals surface area contributed by atoms with Crippen molar-refractivity contribution in [1.82, 2.24) is 0 Å². The molecule has 0 radical (unpaired) electrons. The van der Waals surface area contributed by atoms with Gasteiger partial charge in [-0.1, -0.05) is 26.3 Å². The van der Waals surface area contributed by atoms with E-state index in [0.717, 1.165) is 6.42 Å². The highest BCUT2D eigenvalue weighted by atomic mass is 16.5. The van der Waals surface area contributed by atoms with Gasteiger partial charge in [-0.05, 0) is 12.5 Å². The Morgan fingerprint density at radius 1 is 1.50 bits per heavy atom. The Labute approximate surface area is 74.6 Å². The molecular formula is C10H18O2. The van der Waals surface area contributed by atoms with Gasteiger partial charge in [0.2, 0.25) is 0 Å². The standard InChI is InChI=1S/C7H10O2.C3H8/c1-9-7-5-3-2-4-6(7)8;1-3-2/h3,5,8H,2,4H2,1H3;3H2,1-2H3. The molecule has 1 aliphatic rings. The number of rotatable bonds is 1. The topological polar surface area (TPSA) is 29.5 Å². The van der Waals surface area contributed by atoms with Crippen LogP contribution < -0.4 is 0 Å². The summed E-state index contributed by atoms with van der Waals surface area (Å²) in [6.45, 7) is 4.25. The van der Waals surface area contributed by atoms with Crippen molar-refractivity contribution in [3.63, 3.8) is 0 Å². The lowest BCUT2D eigenvalue weighted by atomic mass is 10.1. The molecule has 2 nitrogen and oxygen atoms in total. The molecule has 0 amide bonds. The van der Waals surface area contributed by atoms with E-state index in [-0.39, 0.29) is 0 Å². The Balaban J connectivity index is 0.000000354. The van der Waals surface area contributed by atoms with Crippen molar-refractivity contribution in [3.8, 4) is 0 Å². The molecule has 0 heterocycles. The van der Waals surface area contributed by atoms with Crippen LogP contribution in [0.4, 0.5) is 0 Å². The molecular weight excluding hydrogens is 152 g/mol. The first kappa shape index (κ1) is 11.1. The normalized spacial score (nSPS) is 15.2. The number of methoxy groups -OCH3 is 1. The number of hydrogen-bond donors (Lipinski definition) is 1. The van der Waals surface area contributed by atoms with E-state index in [9.17, 15) is 0 Å². The van der Waals surface area contributed by atoms with Crippen molar-refractivity contribution >= 4 is 0 Å². The first-order chi connectivity index (χ1) is 5.76. The second-order valence-electron chi connectivity index (χ2n) is 2.66. The summed E-state index contributed by atoms with van der Waals surface area (Å²) in [4.78, 5) is 0. The van der Waals surface area contributed by atoms with Gasteiger partial charge in [-0.25, -0.2) is 0 Å². The van der Waals surface area contributed by atoms with E-state index in [4.69, 9.17) is 9.84 Å². The molecule has 0 aromatic rings. The molecule has 70 valence electrons. The molecule has 0 aromatic heterocycles. The Bertz CT molecular complexity index is 169. The molecule has 0 spiro atoms. The smallest absolute Gasteiger partial charge is 0.155 e. The lowest BCUT2D eigenvalue weighted by Crippen LogP contribution is -1.95. The number of ether oxygens (including phenoxy) is 1. The highest BCUT2D eigenvalue weighted by Crippen LogP contribution is 2.15. The first-order valence-corrected chi connectivity index (χ1v) is 4.38. The third-order valence-electron chi connectivity index (χ3n) is 1.32. The Morgan fingerprint density at radius 3 is 2.42 bits per heavy atom. The molecule has 0 saturated heterocycles. The van der Waals surface area contributed by atoms with Crippen LogP contribution in [0.3, 0.4) is 0 Å². The molecule has 0 atom stereocenters. The minimum Gasteiger partial charge on any atom is -0.508 e. The van der Waals surface area contributed by atoms with E-state index in [0.29, 0.717) is 17.9 Å². The molecule has 0 aliphatic heterocycles. The van der Waals surface area contributed by atoms with Crippen LogP contribution >= 0.6 is 0 Å². The van der Waals surface area contributed by atoms with E-state index in [1.165, 1.54) is 6.42 Å². The minimum atomic E-state index is 0.361. The zero-order chi connectivity index (χ0) is 9.40. The molecule has 0 aromatic carbocycles. The van der Waals surface area contributed by atoms with Gasteiger partial charge >= 0.3 is 0 Å². The largest absolute Gasteiger partial charge is 0.508 e. The Morgan fingerprint density at radius 2 is 2.08 bits per heavy atom. The van der Waals surface area contributed by atoms with Gasteiger partial charge in [0.1, 0.15) is 5.76 Å². The fraction of sp³-hybridized carbons (Fsp3) is 0.600. The van der Waals surface area contributed by atoms with E-state index in [1.54, 1.807) is 13.2 Å². The zero-order valence-corrected chi connectivity index (χ0v) is 8.13. The average Bonchev–Trinajstić information content (AvgIpc) is 2.07. The van der Waals surface area contributed by atoms with Crippen LogP contribution in [0.2, 0.25) is 0 Å².